The molecule has 1 unspecified atom stereocenters. The minimum absolute atomic E-state index is 0.0585. The van der Waals surface area contributed by atoms with Crippen molar-refractivity contribution in [2.75, 3.05) is 0 Å². The minimum atomic E-state index is -1.16. The maximum Gasteiger partial charge on any atom is 0.223 e. The van der Waals surface area contributed by atoms with Gasteiger partial charge in [0.1, 0.15) is 0 Å². The Morgan fingerprint density at radius 1 is 1.09 bits per heavy atom. The molecule has 2 N–H and O–H groups in total. The van der Waals surface area contributed by atoms with Gasteiger partial charge in [-0.25, -0.2) is 0 Å². The van der Waals surface area contributed by atoms with Crippen molar-refractivity contribution in [1.82, 2.24) is 5.32 Å². The van der Waals surface area contributed by atoms with E-state index in [2.05, 4.69) is 24.4 Å². The molecule has 1 aliphatic rings. The third-order valence-corrected chi connectivity index (χ3v) is 4.62. The largest absolute Gasteiger partial charge is 0.385 e. The maximum atomic E-state index is 12.5. The molecular formula is C20H23NO2. The number of carbonyl (C=O) groups excluding carboxylic acids is 1. The Hall–Kier alpha value is -2.13. The van der Waals surface area contributed by atoms with Crippen molar-refractivity contribution in [3.63, 3.8) is 0 Å². The number of carbonyl (C=O) groups is 1. The fourth-order valence-corrected chi connectivity index (χ4v) is 3.49. The third-order valence-electron chi connectivity index (χ3n) is 4.62. The van der Waals surface area contributed by atoms with E-state index in [9.17, 15) is 9.90 Å². The molecule has 1 atom stereocenters. The number of fused-ring (bicyclic) bond motifs is 1. The number of nitrogens with one attached hydrogen (secondary N) is 1. The SMILES string of the molecule is CC1(NC(=O)CC(C)(O)c2ccccc2)Cc2ccccc2C1. The molecule has 0 bridgehead atoms. The van der Waals surface area contributed by atoms with Gasteiger partial charge < -0.3 is 10.4 Å². The molecule has 0 saturated heterocycles. The van der Waals surface area contributed by atoms with Crippen molar-refractivity contribution in [2.45, 2.75) is 44.2 Å². The van der Waals surface area contributed by atoms with E-state index in [-0.39, 0.29) is 17.9 Å². The Morgan fingerprint density at radius 3 is 2.17 bits per heavy atom. The number of benzene rings is 2. The zero-order chi connectivity index (χ0) is 16.5. The van der Waals surface area contributed by atoms with Crippen molar-refractivity contribution in [3.05, 3.63) is 71.3 Å². The summed E-state index contributed by atoms with van der Waals surface area (Å²) in [5.74, 6) is -0.117. The van der Waals surface area contributed by atoms with E-state index < -0.39 is 5.60 Å². The fraction of sp³-hybridized carbons (Fsp3) is 0.350. The first-order valence-electron chi connectivity index (χ1n) is 8.04. The highest BCUT2D eigenvalue weighted by atomic mass is 16.3. The van der Waals surface area contributed by atoms with Crippen LogP contribution in [0.2, 0.25) is 0 Å². The van der Waals surface area contributed by atoms with Crippen LogP contribution in [0.1, 0.15) is 37.0 Å². The summed E-state index contributed by atoms with van der Waals surface area (Å²) in [6, 6.07) is 17.6. The summed E-state index contributed by atoms with van der Waals surface area (Å²) >= 11 is 0. The quantitative estimate of drug-likeness (QED) is 0.912. The Balaban J connectivity index is 1.66. The Kier molecular flexibility index (Phi) is 3.99. The van der Waals surface area contributed by atoms with Crippen LogP contribution in [-0.4, -0.2) is 16.6 Å². The molecule has 0 fully saturated rings. The molecule has 3 heteroatoms. The maximum absolute atomic E-state index is 12.5. The third kappa shape index (κ3) is 3.45. The summed E-state index contributed by atoms with van der Waals surface area (Å²) in [5, 5.41) is 13.8. The number of hydrogen-bond donors (Lipinski definition) is 2. The van der Waals surface area contributed by atoms with E-state index >= 15 is 0 Å². The van der Waals surface area contributed by atoms with Gasteiger partial charge in [0.15, 0.2) is 0 Å². The second-order valence-corrected chi connectivity index (χ2v) is 7.05. The summed E-state index contributed by atoms with van der Waals surface area (Å²) in [6.07, 6.45) is 1.73. The lowest BCUT2D eigenvalue weighted by Crippen LogP contribution is -2.48. The Morgan fingerprint density at radius 2 is 1.61 bits per heavy atom. The molecule has 0 radical (unpaired) electrons. The van der Waals surface area contributed by atoms with E-state index in [4.69, 9.17) is 0 Å². The van der Waals surface area contributed by atoms with Crippen molar-refractivity contribution >= 4 is 5.91 Å². The number of rotatable bonds is 4. The first-order chi connectivity index (χ1) is 10.9. The standard InChI is InChI=1S/C20H23NO2/c1-19(12-15-8-6-7-9-16(15)13-19)21-18(22)14-20(2,23)17-10-4-3-5-11-17/h3-11,23H,12-14H2,1-2H3,(H,21,22). The van der Waals surface area contributed by atoms with E-state index in [1.165, 1.54) is 11.1 Å². The highest BCUT2D eigenvalue weighted by molar-refractivity contribution is 5.78. The van der Waals surface area contributed by atoms with Crippen LogP contribution < -0.4 is 5.32 Å². The van der Waals surface area contributed by atoms with Crippen LogP contribution in [0.25, 0.3) is 0 Å². The second-order valence-electron chi connectivity index (χ2n) is 7.05. The first kappa shape index (κ1) is 15.8. The van der Waals surface area contributed by atoms with Crippen molar-refractivity contribution in [1.29, 1.82) is 0 Å². The number of amides is 1. The molecule has 2 aromatic rings. The van der Waals surface area contributed by atoms with Gasteiger partial charge in [-0.1, -0.05) is 54.6 Å². The van der Waals surface area contributed by atoms with E-state index in [0.717, 1.165) is 18.4 Å². The van der Waals surface area contributed by atoms with Gasteiger partial charge in [-0.05, 0) is 43.4 Å². The predicted molar refractivity (Wildman–Crippen MR) is 91.0 cm³/mol. The van der Waals surface area contributed by atoms with Crippen LogP contribution in [0.5, 0.6) is 0 Å². The highest BCUT2D eigenvalue weighted by Gasteiger charge is 2.35. The van der Waals surface area contributed by atoms with E-state index in [1.54, 1.807) is 6.92 Å². The molecule has 0 aliphatic heterocycles. The molecule has 1 amide bonds. The molecule has 3 rings (SSSR count). The van der Waals surface area contributed by atoms with E-state index in [0.29, 0.717) is 0 Å². The zero-order valence-electron chi connectivity index (χ0n) is 13.7. The summed E-state index contributed by atoms with van der Waals surface area (Å²) in [5.41, 5.74) is 1.92. The number of aliphatic hydroxyl groups is 1. The van der Waals surface area contributed by atoms with Gasteiger partial charge in [-0.2, -0.15) is 0 Å². The smallest absolute Gasteiger partial charge is 0.223 e. The van der Waals surface area contributed by atoms with Gasteiger partial charge in [-0.3, -0.25) is 4.79 Å². The van der Waals surface area contributed by atoms with Crippen molar-refractivity contribution in [2.24, 2.45) is 0 Å². The van der Waals surface area contributed by atoms with Gasteiger partial charge in [0.25, 0.3) is 0 Å². The molecule has 120 valence electrons. The zero-order valence-corrected chi connectivity index (χ0v) is 13.7. The van der Waals surface area contributed by atoms with Gasteiger partial charge in [0.05, 0.1) is 12.0 Å². The first-order valence-corrected chi connectivity index (χ1v) is 8.04. The fourth-order valence-electron chi connectivity index (χ4n) is 3.49. The van der Waals surface area contributed by atoms with Crippen molar-refractivity contribution in [3.8, 4) is 0 Å². The normalized spacial score (nSPS) is 18.0. The summed E-state index contributed by atoms with van der Waals surface area (Å²) < 4.78 is 0. The highest BCUT2D eigenvalue weighted by Crippen LogP contribution is 2.30. The van der Waals surface area contributed by atoms with Crippen LogP contribution >= 0.6 is 0 Å². The Bertz CT molecular complexity index is 682. The molecule has 3 nitrogen and oxygen atoms in total. The van der Waals surface area contributed by atoms with Crippen molar-refractivity contribution < 1.29 is 9.90 Å². The summed E-state index contributed by atoms with van der Waals surface area (Å²) in [6.45, 7) is 3.76. The van der Waals surface area contributed by atoms with Gasteiger partial charge in [0.2, 0.25) is 5.91 Å². The van der Waals surface area contributed by atoms with Crippen LogP contribution in [0, 0.1) is 0 Å². The monoisotopic (exact) mass is 309 g/mol. The molecule has 0 heterocycles. The molecular weight excluding hydrogens is 286 g/mol. The van der Waals surface area contributed by atoms with Crippen LogP contribution in [0.15, 0.2) is 54.6 Å². The average molecular weight is 309 g/mol. The van der Waals surface area contributed by atoms with Crippen LogP contribution in [0.3, 0.4) is 0 Å². The molecule has 23 heavy (non-hydrogen) atoms. The Labute approximate surface area is 137 Å². The van der Waals surface area contributed by atoms with Crippen LogP contribution in [-0.2, 0) is 23.2 Å². The average Bonchev–Trinajstić information content (AvgIpc) is 2.82. The van der Waals surface area contributed by atoms with Crippen LogP contribution in [0.4, 0.5) is 0 Å². The summed E-state index contributed by atoms with van der Waals surface area (Å²) in [7, 11) is 0. The van der Waals surface area contributed by atoms with Gasteiger partial charge in [-0.15, -0.1) is 0 Å². The van der Waals surface area contributed by atoms with Gasteiger partial charge >= 0.3 is 0 Å². The predicted octanol–water partition coefficient (Wildman–Crippen LogP) is 2.96. The number of hydrogen-bond acceptors (Lipinski definition) is 2. The lowest BCUT2D eigenvalue weighted by molar-refractivity contribution is -0.127. The second kappa shape index (κ2) is 5.82. The molecule has 1 aliphatic carbocycles. The lowest BCUT2D eigenvalue weighted by atomic mass is 9.91. The molecule has 0 aromatic heterocycles. The summed E-state index contributed by atoms with van der Waals surface area (Å²) in [4.78, 5) is 12.5. The van der Waals surface area contributed by atoms with Gasteiger partial charge in [0, 0.05) is 5.54 Å². The van der Waals surface area contributed by atoms with E-state index in [1.807, 2.05) is 42.5 Å². The topological polar surface area (TPSA) is 49.3 Å². The lowest BCUT2D eigenvalue weighted by Gasteiger charge is -2.29. The molecule has 0 saturated carbocycles. The minimum Gasteiger partial charge on any atom is -0.385 e. The molecule has 0 spiro atoms. The molecule has 2 aromatic carbocycles.